The minimum absolute atomic E-state index is 0.0193. The first-order valence-corrected chi connectivity index (χ1v) is 10.8. The minimum Gasteiger partial charge on any atom is -0.389 e. The molecule has 1 aliphatic heterocycles. The van der Waals surface area contributed by atoms with Crippen LogP contribution in [0.25, 0.3) is 16.7 Å². The van der Waals surface area contributed by atoms with Crippen molar-refractivity contribution in [2.24, 2.45) is 0 Å². The monoisotopic (exact) mass is 494 g/mol. The zero-order chi connectivity index (χ0) is 24.9. The van der Waals surface area contributed by atoms with Crippen molar-refractivity contribution in [3.05, 3.63) is 52.4 Å². The summed E-state index contributed by atoms with van der Waals surface area (Å²) in [6.45, 7) is 3.51. The molecule has 1 amide bonds. The van der Waals surface area contributed by atoms with Gasteiger partial charge >= 0.3 is 0 Å². The number of amides is 1. The Morgan fingerprint density at radius 2 is 2.11 bits per heavy atom. The van der Waals surface area contributed by atoms with Gasteiger partial charge in [-0.2, -0.15) is 15.1 Å². The van der Waals surface area contributed by atoms with Crippen molar-refractivity contribution in [2.75, 3.05) is 18.8 Å². The zero-order valence-corrected chi connectivity index (χ0v) is 19.4. The molecule has 0 saturated carbocycles. The summed E-state index contributed by atoms with van der Waals surface area (Å²) in [5.41, 5.74) is 5.26. The van der Waals surface area contributed by atoms with Gasteiger partial charge in [-0.05, 0) is 25.1 Å². The quantitative estimate of drug-likeness (QED) is 0.346. The molecule has 4 aromatic rings. The molecule has 35 heavy (non-hydrogen) atoms. The van der Waals surface area contributed by atoms with Crippen LogP contribution in [-0.2, 0) is 5.60 Å². The van der Waals surface area contributed by atoms with Gasteiger partial charge in [-0.15, -0.1) is 0 Å². The molecule has 0 aliphatic carbocycles. The Bertz CT molecular complexity index is 1530. The molecule has 1 fully saturated rings. The second-order valence-corrected chi connectivity index (χ2v) is 8.62. The number of hydrogen-bond acceptors (Lipinski definition) is 10. The van der Waals surface area contributed by atoms with E-state index in [1.165, 1.54) is 22.7 Å². The Morgan fingerprint density at radius 3 is 2.80 bits per heavy atom. The molecule has 178 valence electrons. The van der Waals surface area contributed by atoms with Crippen LogP contribution < -0.4 is 5.73 Å². The molecule has 5 rings (SSSR count). The third-order valence-electron chi connectivity index (χ3n) is 5.39. The number of benzene rings is 1. The number of fused-ring (bicyclic) bond motifs is 1. The predicted octanol–water partition coefficient (Wildman–Crippen LogP) is 0.818. The largest absolute Gasteiger partial charge is 0.389 e. The van der Waals surface area contributed by atoms with E-state index in [1.54, 1.807) is 25.1 Å². The topological polar surface area (TPSA) is 169 Å². The van der Waals surface area contributed by atoms with Crippen molar-refractivity contribution in [3.8, 4) is 17.7 Å². The number of β-amino-alcohol motifs (C(OH)–C–C–N with tert-alkyl or cyclic N) is 1. The maximum absolute atomic E-state index is 13.0. The standard InChI is InChI=1S/C22H19ClN8O4/c1-11-26-20(29-35-11)22(2,34)6-5-12-3-4-14-16(7-12)31(18-15(23)8-25-21(24)27-18)28-17(14)19(33)30-9-13(32)10-30/h3-4,7-8,13,32,34H,9-10H2,1-2H3,(H2,24,25,27). The van der Waals surface area contributed by atoms with Gasteiger partial charge in [-0.25, -0.2) is 9.67 Å². The van der Waals surface area contributed by atoms with Crippen LogP contribution in [0.2, 0.25) is 5.02 Å². The summed E-state index contributed by atoms with van der Waals surface area (Å²) >= 11 is 6.32. The van der Waals surface area contributed by atoms with E-state index < -0.39 is 11.7 Å². The lowest BCUT2D eigenvalue weighted by molar-refractivity contribution is 0.00560. The molecule has 3 aromatic heterocycles. The first kappa shape index (κ1) is 22.7. The van der Waals surface area contributed by atoms with Crippen LogP contribution in [0.1, 0.15) is 34.7 Å². The molecule has 0 radical (unpaired) electrons. The maximum Gasteiger partial charge on any atom is 0.275 e. The Morgan fingerprint density at radius 1 is 1.34 bits per heavy atom. The number of likely N-dealkylation sites (tertiary alicyclic amines) is 1. The summed E-state index contributed by atoms with van der Waals surface area (Å²) in [5, 5.41) is 29.2. The molecule has 1 saturated heterocycles. The van der Waals surface area contributed by atoms with Crippen molar-refractivity contribution >= 4 is 34.4 Å². The highest BCUT2D eigenvalue weighted by atomic mass is 35.5. The third kappa shape index (κ3) is 4.17. The second kappa shape index (κ2) is 8.31. The van der Waals surface area contributed by atoms with E-state index in [1.807, 2.05) is 0 Å². The fraction of sp³-hybridized carbons (Fsp3) is 0.273. The molecular weight excluding hydrogens is 476 g/mol. The highest BCUT2D eigenvalue weighted by Crippen LogP contribution is 2.28. The number of aryl methyl sites for hydroxylation is 1. The summed E-state index contributed by atoms with van der Waals surface area (Å²) in [4.78, 5) is 26.6. The Kier molecular flexibility index (Phi) is 5.40. The van der Waals surface area contributed by atoms with Crippen LogP contribution in [-0.4, -0.2) is 70.1 Å². The van der Waals surface area contributed by atoms with E-state index in [4.69, 9.17) is 21.9 Å². The number of aliphatic hydroxyl groups excluding tert-OH is 1. The van der Waals surface area contributed by atoms with Gasteiger partial charge in [0.15, 0.2) is 17.1 Å². The van der Waals surface area contributed by atoms with Gasteiger partial charge in [0.2, 0.25) is 17.7 Å². The number of carbonyl (C=O) groups is 1. The van der Waals surface area contributed by atoms with Crippen molar-refractivity contribution in [2.45, 2.75) is 25.6 Å². The first-order valence-electron chi connectivity index (χ1n) is 10.5. The predicted molar refractivity (Wildman–Crippen MR) is 123 cm³/mol. The fourth-order valence-electron chi connectivity index (χ4n) is 3.55. The summed E-state index contributed by atoms with van der Waals surface area (Å²) in [5.74, 6) is 5.81. The number of rotatable bonds is 3. The van der Waals surface area contributed by atoms with Gasteiger partial charge in [0.25, 0.3) is 5.91 Å². The summed E-state index contributed by atoms with van der Waals surface area (Å²) < 4.78 is 6.32. The smallest absolute Gasteiger partial charge is 0.275 e. The molecule has 1 atom stereocenters. The lowest BCUT2D eigenvalue weighted by Crippen LogP contribution is -2.53. The summed E-state index contributed by atoms with van der Waals surface area (Å²) in [6.07, 6.45) is 0.786. The average Bonchev–Trinajstić information content (AvgIpc) is 3.41. The van der Waals surface area contributed by atoms with Crippen LogP contribution in [0.15, 0.2) is 28.9 Å². The van der Waals surface area contributed by atoms with Crippen LogP contribution in [0.5, 0.6) is 0 Å². The van der Waals surface area contributed by atoms with Crippen molar-refractivity contribution in [3.63, 3.8) is 0 Å². The molecule has 12 nitrogen and oxygen atoms in total. The molecule has 1 aromatic carbocycles. The Hall–Kier alpha value is -4.05. The molecular formula is C22H19ClN8O4. The molecule has 0 bridgehead atoms. The highest BCUT2D eigenvalue weighted by molar-refractivity contribution is 6.32. The first-order chi connectivity index (χ1) is 16.6. The number of halogens is 1. The van der Waals surface area contributed by atoms with Gasteiger partial charge < -0.3 is 25.4 Å². The van der Waals surface area contributed by atoms with Gasteiger partial charge in [0.05, 0.1) is 17.8 Å². The SMILES string of the molecule is Cc1nc(C(C)(O)C#Cc2ccc3c(C(=O)N4CC(O)C4)nn(-c4nc(N)ncc4Cl)c3c2)no1. The number of hydrogen-bond donors (Lipinski definition) is 3. The van der Waals surface area contributed by atoms with Crippen molar-refractivity contribution in [1.29, 1.82) is 0 Å². The number of aromatic nitrogens is 6. The number of anilines is 1. The fourth-order valence-corrected chi connectivity index (χ4v) is 3.72. The molecule has 4 N–H and O–H groups in total. The average molecular weight is 495 g/mol. The van der Waals surface area contributed by atoms with E-state index in [0.717, 1.165) is 0 Å². The summed E-state index contributed by atoms with van der Waals surface area (Å²) in [7, 11) is 0. The second-order valence-electron chi connectivity index (χ2n) is 8.22. The molecule has 1 unspecified atom stereocenters. The van der Waals surface area contributed by atoms with Crippen LogP contribution in [0.3, 0.4) is 0 Å². The number of carbonyl (C=O) groups excluding carboxylic acids is 1. The van der Waals surface area contributed by atoms with Crippen LogP contribution in [0, 0.1) is 18.8 Å². The van der Waals surface area contributed by atoms with E-state index in [2.05, 4.69) is 37.0 Å². The van der Waals surface area contributed by atoms with Gasteiger partial charge in [0, 0.05) is 31.0 Å². The van der Waals surface area contributed by atoms with Crippen LogP contribution in [0.4, 0.5) is 5.95 Å². The zero-order valence-electron chi connectivity index (χ0n) is 18.6. The van der Waals surface area contributed by atoms with Gasteiger partial charge in [-0.3, -0.25) is 4.79 Å². The van der Waals surface area contributed by atoms with Crippen molar-refractivity contribution < 1.29 is 19.5 Å². The molecule has 0 spiro atoms. The van der Waals surface area contributed by atoms with E-state index in [0.29, 0.717) is 22.4 Å². The summed E-state index contributed by atoms with van der Waals surface area (Å²) in [6, 6.07) is 5.07. The number of nitrogens with zero attached hydrogens (tertiary/aromatic N) is 7. The number of nitrogens with two attached hydrogens (primary N) is 1. The lowest BCUT2D eigenvalue weighted by Gasteiger charge is -2.35. The normalized spacial score (nSPS) is 15.4. The van der Waals surface area contributed by atoms with Crippen LogP contribution >= 0.6 is 11.6 Å². The molecule has 1 aliphatic rings. The van der Waals surface area contributed by atoms with E-state index in [9.17, 15) is 15.0 Å². The van der Waals surface area contributed by atoms with Gasteiger partial charge in [0.1, 0.15) is 5.02 Å². The maximum atomic E-state index is 13.0. The minimum atomic E-state index is -1.66. The Balaban J connectivity index is 1.62. The number of nitrogen functional groups attached to an aromatic ring is 1. The highest BCUT2D eigenvalue weighted by Gasteiger charge is 2.33. The lowest BCUT2D eigenvalue weighted by atomic mass is 10.1. The van der Waals surface area contributed by atoms with E-state index in [-0.39, 0.29) is 47.3 Å². The Labute approximate surface area is 203 Å². The molecule has 13 heteroatoms. The van der Waals surface area contributed by atoms with E-state index >= 15 is 0 Å². The van der Waals surface area contributed by atoms with Gasteiger partial charge in [-0.1, -0.05) is 28.6 Å². The molecule has 4 heterocycles. The third-order valence-corrected chi connectivity index (χ3v) is 5.66. The van der Waals surface area contributed by atoms with Crippen molar-refractivity contribution in [1.82, 2.24) is 34.8 Å². The number of aliphatic hydroxyl groups is 2.